The Morgan fingerprint density at radius 1 is 0.897 bits per heavy atom. The van der Waals surface area contributed by atoms with Gasteiger partial charge in [-0.15, -0.1) is 0 Å². The average Bonchev–Trinajstić information content (AvgIpc) is 2.59. The van der Waals surface area contributed by atoms with Gasteiger partial charge in [-0.1, -0.05) is 46.5 Å². The monoisotopic (exact) mass is 414 g/mol. The minimum absolute atomic E-state index is 0.00669. The number of rotatable bonds is 15. The van der Waals surface area contributed by atoms with Crippen molar-refractivity contribution in [2.24, 2.45) is 10.8 Å². The Labute approximate surface area is 173 Å². The molecule has 0 spiro atoms. The molecule has 8 nitrogen and oxygen atoms in total. The van der Waals surface area contributed by atoms with Crippen molar-refractivity contribution in [3.05, 3.63) is 0 Å². The van der Waals surface area contributed by atoms with E-state index in [-0.39, 0.29) is 25.2 Å². The van der Waals surface area contributed by atoms with E-state index in [9.17, 15) is 29.4 Å². The number of carbonyl (C=O) groups excluding carboxylic acids is 2. The highest BCUT2D eigenvalue weighted by atomic mass is 16.4. The fraction of sp³-hybridized carbons (Fsp3) is 0.810. The average molecular weight is 415 g/mol. The molecule has 0 aliphatic carbocycles. The zero-order valence-electron chi connectivity index (χ0n) is 18.5. The number of hydrogen-bond acceptors (Lipinski definition) is 4. The molecule has 0 aromatic heterocycles. The molecule has 0 aliphatic rings. The van der Waals surface area contributed by atoms with Gasteiger partial charge in [0.05, 0.1) is 5.41 Å². The summed E-state index contributed by atoms with van der Waals surface area (Å²) in [5.74, 6) is -3.04. The molecule has 0 saturated heterocycles. The highest BCUT2D eigenvalue weighted by Gasteiger charge is 2.40. The summed E-state index contributed by atoms with van der Waals surface area (Å²) < 4.78 is 0. The van der Waals surface area contributed by atoms with Crippen LogP contribution in [0.2, 0.25) is 0 Å². The maximum absolute atomic E-state index is 12.6. The van der Waals surface area contributed by atoms with Crippen molar-refractivity contribution in [2.45, 2.75) is 92.0 Å². The van der Waals surface area contributed by atoms with Crippen molar-refractivity contribution in [1.29, 1.82) is 0 Å². The molecule has 8 heteroatoms. The van der Waals surface area contributed by atoms with Crippen LogP contribution in [0.3, 0.4) is 0 Å². The van der Waals surface area contributed by atoms with Gasteiger partial charge in [0.25, 0.3) is 0 Å². The number of carboxylic acids is 2. The number of nitrogens with one attached hydrogen (secondary N) is 2. The molecule has 2 amide bonds. The van der Waals surface area contributed by atoms with Gasteiger partial charge in [0.1, 0.15) is 6.04 Å². The van der Waals surface area contributed by atoms with Crippen molar-refractivity contribution >= 4 is 23.8 Å². The van der Waals surface area contributed by atoms with Gasteiger partial charge in [0.15, 0.2) is 0 Å². The number of hydrogen-bond donors (Lipinski definition) is 4. The minimum atomic E-state index is -1.22. The van der Waals surface area contributed by atoms with E-state index in [1.165, 1.54) is 20.3 Å². The van der Waals surface area contributed by atoms with E-state index in [0.29, 0.717) is 6.54 Å². The molecule has 0 aliphatic heterocycles. The Morgan fingerprint density at radius 3 is 2.00 bits per heavy atom. The van der Waals surface area contributed by atoms with E-state index in [1.54, 1.807) is 13.8 Å². The number of amides is 2. The minimum Gasteiger partial charge on any atom is -0.481 e. The second-order valence-electron chi connectivity index (χ2n) is 8.92. The Morgan fingerprint density at radius 2 is 1.48 bits per heavy atom. The molecule has 168 valence electrons. The van der Waals surface area contributed by atoms with Gasteiger partial charge in [0, 0.05) is 18.4 Å². The van der Waals surface area contributed by atoms with Crippen molar-refractivity contribution < 1.29 is 29.4 Å². The van der Waals surface area contributed by atoms with Crippen LogP contribution in [0.5, 0.6) is 0 Å². The highest BCUT2D eigenvalue weighted by molar-refractivity contribution is 5.88. The first-order valence-corrected chi connectivity index (χ1v) is 10.4. The Bertz CT molecular complexity index is 572. The Kier molecular flexibility index (Phi) is 11.5. The normalized spacial score (nSPS) is 12.9. The van der Waals surface area contributed by atoms with Gasteiger partial charge >= 0.3 is 11.9 Å². The van der Waals surface area contributed by atoms with Gasteiger partial charge < -0.3 is 20.8 Å². The van der Waals surface area contributed by atoms with Crippen LogP contribution >= 0.6 is 0 Å². The fourth-order valence-corrected chi connectivity index (χ4v) is 3.19. The molecule has 1 unspecified atom stereocenters. The molecule has 0 aromatic rings. The van der Waals surface area contributed by atoms with E-state index >= 15 is 0 Å². The Hall–Kier alpha value is -2.12. The lowest BCUT2D eigenvalue weighted by atomic mass is 9.74. The van der Waals surface area contributed by atoms with E-state index in [0.717, 1.165) is 25.7 Å². The zero-order chi connectivity index (χ0) is 22.7. The molecule has 0 fully saturated rings. The topological polar surface area (TPSA) is 133 Å². The van der Waals surface area contributed by atoms with Crippen molar-refractivity contribution in [2.75, 3.05) is 6.54 Å². The summed E-state index contributed by atoms with van der Waals surface area (Å²) in [5.41, 5.74) is -2.20. The lowest BCUT2D eigenvalue weighted by molar-refractivity contribution is -0.151. The lowest BCUT2D eigenvalue weighted by Crippen LogP contribution is -2.48. The van der Waals surface area contributed by atoms with Gasteiger partial charge in [-0.2, -0.15) is 0 Å². The standard InChI is InChI=1S/C21H38N2O6/c1-6-7-8-9-10-13-22-16(24)12-11-15(17(25)26)23-18(27)20(2,3)14-21(4,5)19(28)29/h15H,6-14H2,1-5H3,(H,22,24)(H,23,27)(H,25,26)(H,28,29). The summed E-state index contributed by atoms with van der Waals surface area (Å²) in [5, 5.41) is 23.9. The summed E-state index contributed by atoms with van der Waals surface area (Å²) >= 11 is 0. The summed E-state index contributed by atoms with van der Waals surface area (Å²) in [6, 6.07) is -1.20. The second kappa shape index (κ2) is 12.4. The number of carboxylic acid groups (broad SMARTS) is 2. The third-order valence-corrected chi connectivity index (χ3v) is 4.94. The summed E-state index contributed by atoms with van der Waals surface area (Å²) in [7, 11) is 0. The number of aliphatic carboxylic acids is 2. The smallest absolute Gasteiger partial charge is 0.326 e. The highest BCUT2D eigenvalue weighted by Crippen LogP contribution is 2.34. The van der Waals surface area contributed by atoms with Crippen LogP contribution in [0.1, 0.15) is 86.0 Å². The van der Waals surface area contributed by atoms with Crippen molar-refractivity contribution in [1.82, 2.24) is 10.6 Å². The van der Waals surface area contributed by atoms with Gasteiger partial charge in [-0.3, -0.25) is 14.4 Å². The number of carbonyl (C=O) groups is 4. The number of unbranched alkanes of at least 4 members (excludes halogenated alkanes) is 4. The first-order chi connectivity index (χ1) is 13.3. The predicted octanol–water partition coefficient (Wildman–Crippen LogP) is 2.95. The molecule has 4 N–H and O–H groups in total. The molecule has 0 saturated carbocycles. The summed E-state index contributed by atoms with van der Waals surface area (Å²) in [6.45, 7) is 8.89. The molecule has 29 heavy (non-hydrogen) atoms. The van der Waals surface area contributed by atoms with E-state index in [1.807, 2.05) is 0 Å². The second-order valence-corrected chi connectivity index (χ2v) is 8.92. The Balaban J connectivity index is 4.57. The van der Waals surface area contributed by atoms with Crippen LogP contribution in [0.15, 0.2) is 0 Å². The molecule has 0 heterocycles. The van der Waals surface area contributed by atoms with Gasteiger partial charge in [-0.25, -0.2) is 4.79 Å². The van der Waals surface area contributed by atoms with Crippen LogP contribution in [0.25, 0.3) is 0 Å². The summed E-state index contributed by atoms with van der Waals surface area (Å²) in [6.07, 6.45) is 5.41. The maximum atomic E-state index is 12.6. The van der Waals surface area contributed by atoms with Crippen molar-refractivity contribution in [3.63, 3.8) is 0 Å². The van der Waals surface area contributed by atoms with Crippen LogP contribution in [0.4, 0.5) is 0 Å². The largest absolute Gasteiger partial charge is 0.481 e. The zero-order valence-corrected chi connectivity index (χ0v) is 18.5. The summed E-state index contributed by atoms with van der Waals surface area (Å²) in [4.78, 5) is 47.3. The molecule has 1 atom stereocenters. The molecule has 0 rings (SSSR count). The predicted molar refractivity (Wildman–Crippen MR) is 110 cm³/mol. The van der Waals surface area contributed by atoms with E-state index in [4.69, 9.17) is 0 Å². The van der Waals surface area contributed by atoms with Crippen molar-refractivity contribution in [3.8, 4) is 0 Å². The van der Waals surface area contributed by atoms with Crippen LogP contribution in [0, 0.1) is 10.8 Å². The van der Waals surface area contributed by atoms with Crippen LogP contribution in [-0.2, 0) is 19.2 Å². The maximum Gasteiger partial charge on any atom is 0.326 e. The lowest BCUT2D eigenvalue weighted by Gasteiger charge is -2.32. The van der Waals surface area contributed by atoms with E-state index < -0.39 is 34.7 Å². The first-order valence-electron chi connectivity index (χ1n) is 10.4. The van der Waals surface area contributed by atoms with E-state index in [2.05, 4.69) is 17.6 Å². The first kappa shape index (κ1) is 26.9. The third-order valence-electron chi connectivity index (χ3n) is 4.94. The molecule has 0 radical (unpaired) electrons. The molecule has 0 aromatic carbocycles. The molecular formula is C21H38N2O6. The third kappa shape index (κ3) is 10.9. The van der Waals surface area contributed by atoms with Gasteiger partial charge in [-0.05, 0) is 33.1 Å². The van der Waals surface area contributed by atoms with Crippen LogP contribution < -0.4 is 10.6 Å². The van der Waals surface area contributed by atoms with Gasteiger partial charge in [0.2, 0.25) is 11.8 Å². The quantitative estimate of drug-likeness (QED) is 0.305. The molecule has 0 bridgehead atoms. The van der Waals surface area contributed by atoms with Crippen LogP contribution in [-0.4, -0.2) is 46.6 Å². The SMILES string of the molecule is CCCCCCCNC(=O)CCC(NC(=O)C(C)(C)CC(C)(C)C(=O)O)C(=O)O. The fourth-order valence-electron chi connectivity index (χ4n) is 3.19. The molecular weight excluding hydrogens is 376 g/mol.